The molecular formula is C24H27N7O2S. The molecule has 6 rings (SSSR count). The molecule has 1 unspecified atom stereocenters. The summed E-state index contributed by atoms with van der Waals surface area (Å²) in [5, 5.41) is 11.7. The van der Waals surface area contributed by atoms with Crippen molar-refractivity contribution in [3.05, 3.63) is 46.7 Å². The summed E-state index contributed by atoms with van der Waals surface area (Å²) in [6.45, 7) is 8.65. The van der Waals surface area contributed by atoms with Gasteiger partial charge in [0, 0.05) is 42.0 Å². The van der Waals surface area contributed by atoms with E-state index in [4.69, 9.17) is 24.4 Å². The average Bonchev–Trinajstić information content (AvgIpc) is 3.51. The maximum Gasteiger partial charge on any atom is 0.173 e. The van der Waals surface area contributed by atoms with Crippen molar-refractivity contribution in [1.29, 1.82) is 0 Å². The number of aromatic amines is 1. The van der Waals surface area contributed by atoms with Crippen LogP contribution < -0.4 is 5.32 Å². The number of ether oxygens (including phenoxy) is 2. The van der Waals surface area contributed by atoms with Crippen LogP contribution in [-0.4, -0.2) is 76.1 Å². The highest BCUT2D eigenvalue weighted by Crippen LogP contribution is 2.33. The molecule has 34 heavy (non-hydrogen) atoms. The zero-order valence-electron chi connectivity index (χ0n) is 19.1. The Hall–Kier alpha value is -2.76. The van der Waals surface area contributed by atoms with Gasteiger partial charge >= 0.3 is 0 Å². The number of aryl methyl sites for hydroxylation is 1. The molecule has 176 valence electrons. The second-order valence-corrected chi connectivity index (χ2v) is 9.80. The smallest absolute Gasteiger partial charge is 0.173 e. The topological polar surface area (TPSA) is 101 Å². The van der Waals surface area contributed by atoms with Gasteiger partial charge in [-0.2, -0.15) is 5.10 Å². The number of thiophene rings is 1. The van der Waals surface area contributed by atoms with Crippen LogP contribution in [0.2, 0.25) is 0 Å². The number of aromatic nitrogens is 5. The SMILES string of the molecule is Cc1cc(-c2nc(-c3cccc4[nH]ncc34)nc(C3COCCN3)n2)sc1CN1CCOCC1. The number of fused-ring (bicyclic) bond motifs is 1. The van der Waals surface area contributed by atoms with Crippen molar-refractivity contribution in [3.8, 4) is 22.1 Å². The second-order valence-electron chi connectivity index (χ2n) is 8.66. The minimum atomic E-state index is -0.0633. The predicted octanol–water partition coefficient (Wildman–Crippen LogP) is 2.94. The molecule has 2 saturated heterocycles. The van der Waals surface area contributed by atoms with E-state index in [-0.39, 0.29) is 6.04 Å². The minimum absolute atomic E-state index is 0.0633. The summed E-state index contributed by atoms with van der Waals surface area (Å²) in [6, 6.07) is 8.18. The Morgan fingerprint density at radius 2 is 1.97 bits per heavy atom. The van der Waals surface area contributed by atoms with E-state index in [2.05, 4.69) is 33.4 Å². The Balaban J connectivity index is 1.41. The van der Waals surface area contributed by atoms with E-state index in [0.717, 1.165) is 60.7 Å². The number of nitrogens with zero attached hydrogens (tertiary/aromatic N) is 5. The van der Waals surface area contributed by atoms with E-state index in [0.29, 0.717) is 30.7 Å². The van der Waals surface area contributed by atoms with Crippen LogP contribution in [0.3, 0.4) is 0 Å². The zero-order valence-corrected chi connectivity index (χ0v) is 19.9. The van der Waals surface area contributed by atoms with Crippen LogP contribution in [0.15, 0.2) is 30.5 Å². The third-order valence-corrected chi connectivity index (χ3v) is 7.54. The molecule has 9 nitrogen and oxygen atoms in total. The average molecular weight is 478 g/mol. The summed E-state index contributed by atoms with van der Waals surface area (Å²) < 4.78 is 11.2. The van der Waals surface area contributed by atoms with Gasteiger partial charge in [0.15, 0.2) is 17.5 Å². The molecule has 4 aromatic rings. The van der Waals surface area contributed by atoms with Crippen LogP contribution in [0.4, 0.5) is 0 Å². The lowest BCUT2D eigenvalue weighted by molar-refractivity contribution is 0.0345. The first-order valence-corrected chi connectivity index (χ1v) is 12.5. The van der Waals surface area contributed by atoms with Crippen molar-refractivity contribution < 1.29 is 9.47 Å². The molecule has 0 bridgehead atoms. The van der Waals surface area contributed by atoms with Crippen LogP contribution in [0.1, 0.15) is 22.3 Å². The lowest BCUT2D eigenvalue weighted by Crippen LogP contribution is -2.35. The van der Waals surface area contributed by atoms with Crippen LogP contribution in [0.25, 0.3) is 33.0 Å². The van der Waals surface area contributed by atoms with Crippen molar-refractivity contribution in [3.63, 3.8) is 0 Å². The lowest BCUT2D eigenvalue weighted by Gasteiger charge is -2.26. The summed E-state index contributed by atoms with van der Waals surface area (Å²) in [4.78, 5) is 19.6. The van der Waals surface area contributed by atoms with Gasteiger partial charge in [0.25, 0.3) is 0 Å². The van der Waals surface area contributed by atoms with Gasteiger partial charge in [0.05, 0.1) is 49.1 Å². The maximum absolute atomic E-state index is 5.70. The third-order valence-electron chi connectivity index (χ3n) is 6.32. The van der Waals surface area contributed by atoms with Crippen LogP contribution in [-0.2, 0) is 16.0 Å². The fourth-order valence-electron chi connectivity index (χ4n) is 4.42. The molecule has 0 amide bonds. The molecule has 3 aromatic heterocycles. The molecule has 2 N–H and O–H groups in total. The molecule has 0 saturated carbocycles. The summed E-state index contributed by atoms with van der Waals surface area (Å²) in [6.07, 6.45) is 1.82. The molecule has 2 aliphatic rings. The first-order valence-electron chi connectivity index (χ1n) is 11.6. The van der Waals surface area contributed by atoms with Crippen molar-refractivity contribution in [2.45, 2.75) is 19.5 Å². The number of H-pyrrole nitrogens is 1. The first kappa shape index (κ1) is 21.8. The molecule has 0 aliphatic carbocycles. The number of rotatable bonds is 5. The number of nitrogens with one attached hydrogen (secondary N) is 2. The summed E-state index contributed by atoms with van der Waals surface area (Å²) in [5.74, 6) is 2.07. The molecule has 2 aliphatic heterocycles. The zero-order chi connectivity index (χ0) is 22.9. The van der Waals surface area contributed by atoms with Gasteiger partial charge in [0.1, 0.15) is 0 Å². The van der Waals surface area contributed by atoms with Crippen LogP contribution >= 0.6 is 11.3 Å². The highest BCUT2D eigenvalue weighted by atomic mass is 32.1. The minimum Gasteiger partial charge on any atom is -0.379 e. The Morgan fingerprint density at radius 1 is 1.09 bits per heavy atom. The molecule has 1 atom stereocenters. The monoisotopic (exact) mass is 477 g/mol. The number of hydrogen-bond acceptors (Lipinski definition) is 9. The highest BCUT2D eigenvalue weighted by Gasteiger charge is 2.23. The summed E-state index contributed by atoms with van der Waals surface area (Å²) in [5.41, 5.74) is 3.17. The maximum atomic E-state index is 5.70. The van der Waals surface area contributed by atoms with Gasteiger partial charge in [0.2, 0.25) is 0 Å². The Morgan fingerprint density at radius 3 is 2.82 bits per heavy atom. The predicted molar refractivity (Wildman–Crippen MR) is 131 cm³/mol. The van der Waals surface area contributed by atoms with Crippen LogP contribution in [0, 0.1) is 6.92 Å². The first-order chi connectivity index (χ1) is 16.7. The largest absolute Gasteiger partial charge is 0.379 e. The van der Waals surface area contributed by atoms with Crippen LogP contribution in [0.5, 0.6) is 0 Å². The number of hydrogen-bond donors (Lipinski definition) is 2. The Bertz CT molecular complexity index is 1290. The molecular weight excluding hydrogens is 450 g/mol. The number of morpholine rings is 2. The van der Waals surface area contributed by atoms with Crippen molar-refractivity contribution >= 4 is 22.2 Å². The molecule has 1 aromatic carbocycles. The van der Waals surface area contributed by atoms with E-state index >= 15 is 0 Å². The fraction of sp³-hybridized carbons (Fsp3) is 0.417. The summed E-state index contributed by atoms with van der Waals surface area (Å²) >= 11 is 1.77. The molecule has 0 radical (unpaired) electrons. The van der Waals surface area contributed by atoms with Crippen molar-refractivity contribution in [1.82, 2.24) is 35.4 Å². The molecule has 5 heterocycles. The van der Waals surface area contributed by atoms with Crippen molar-refractivity contribution in [2.24, 2.45) is 0 Å². The Labute approximate surface area is 201 Å². The van der Waals surface area contributed by atoms with Gasteiger partial charge < -0.3 is 14.8 Å². The highest BCUT2D eigenvalue weighted by molar-refractivity contribution is 7.15. The van der Waals surface area contributed by atoms with Gasteiger partial charge in [-0.25, -0.2) is 15.0 Å². The van der Waals surface area contributed by atoms with Gasteiger partial charge in [-0.1, -0.05) is 12.1 Å². The van der Waals surface area contributed by atoms with E-state index in [9.17, 15) is 0 Å². The molecule has 10 heteroatoms. The quantitative estimate of drug-likeness (QED) is 0.453. The lowest BCUT2D eigenvalue weighted by atomic mass is 10.1. The van der Waals surface area contributed by atoms with E-state index < -0.39 is 0 Å². The van der Waals surface area contributed by atoms with E-state index in [1.54, 1.807) is 11.3 Å². The van der Waals surface area contributed by atoms with Gasteiger partial charge in [-0.15, -0.1) is 11.3 Å². The Kier molecular flexibility index (Phi) is 6.06. The standard InChI is InChI=1S/C24H27N7O2S/c1-15-11-20(34-21(15)13-31-6-9-32-10-7-31)24-28-22(16-3-2-4-18-17(16)12-26-30-18)27-23(29-24)19-14-33-8-5-25-19/h2-4,11-12,19,25H,5-10,13-14H2,1H3,(H,26,30). The van der Waals surface area contributed by atoms with Gasteiger partial charge in [-0.3, -0.25) is 10.00 Å². The normalized spacial score (nSPS) is 19.6. The van der Waals surface area contributed by atoms with E-state index in [1.165, 1.54) is 10.4 Å². The van der Waals surface area contributed by atoms with Gasteiger partial charge in [-0.05, 0) is 24.6 Å². The molecule has 0 spiro atoms. The fourth-order valence-corrected chi connectivity index (χ4v) is 5.57. The molecule has 2 fully saturated rings. The second kappa shape index (κ2) is 9.47. The summed E-state index contributed by atoms with van der Waals surface area (Å²) in [7, 11) is 0. The number of benzene rings is 1. The third kappa shape index (κ3) is 4.35. The van der Waals surface area contributed by atoms with E-state index in [1.807, 2.05) is 24.4 Å². The van der Waals surface area contributed by atoms with Crippen molar-refractivity contribution in [2.75, 3.05) is 46.1 Å².